The molecule has 1 unspecified atom stereocenters. The third-order valence-electron chi connectivity index (χ3n) is 4.15. The zero-order valence-corrected chi connectivity index (χ0v) is 12.2. The summed E-state index contributed by atoms with van der Waals surface area (Å²) < 4.78 is 2.11. The predicted octanol–water partition coefficient (Wildman–Crippen LogP) is 3.11. The number of rotatable bonds is 5. The maximum absolute atomic E-state index is 4.67. The topological polar surface area (TPSA) is 29.9 Å². The second-order valence-corrected chi connectivity index (χ2v) is 5.60. The van der Waals surface area contributed by atoms with Gasteiger partial charge < -0.3 is 5.32 Å². The van der Waals surface area contributed by atoms with Gasteiger partial charge in [-0.25, -0.2) is 0 Å². The van der Waals surface area contributed by atoms with Gasteiger partial charge in [0.05, 0.1) is 5.69 Å². The first kappa shape index (κ1) is 13.4. The summed E-state index contributed by atoms with van der Waals surface area (Å²) in [6.45, 7) is 4.98. The number of fused-ring (bicyclic) bond motifs is 1. The SMILES string of the molecule is CCNCc1ccn(CC2CCCc3ccccc32)n1. The van der Waals surface area contributed by atoms with Crippen LogP contribution in [0.25, 0.3) is 0 Å². The Hall–Kier alpha value is -1.61. The molecule has 2 aromatic rings. The molecule has 0 aliphatic heterocycles. The van der Waals surface area contributed by atoms with Crippen molar-refractivity contribution in [1.82, 2.24) is 15.1 Å². The fraction of sp³-hybridized carbons (Fsp3) is 0.471. The first-order chi connectivity index (χ1) is 9.86. The zero-order chi connectivity index (χ0) is 13.8. The molecule has 0 fully saturated rings. The van der Waals surface area contributed by atoms with Crippen LogP contribution in [0, 0.1) is 0 Å². The van der Waals surface area contributed by atoms with E-state index in [1.165, 1.54) is 30.4 Å². The van der Waals surface area contributed by atoms with E-state index in [9.17, 15) is 0 Å². The normalized spacial score (nSPS) is 17.9. The summed E-state index contributed by atoms with van der Waals surface area (Å²) in [5.41, 5.74) is 4.20. The van der Waals surface area contributed by atoms with Crippen molar-refractivity contribution in [3.05, 3.63) is 53.3 Å². The van der Waals surface area contributed by atoms with Crippen molar-refractivity contribution < 1.29 is 0 Å². The minimum absolute atomic E-state index is 0.617. The van der Waals surface area contributed by atoms with Gasteiger partial charge in [-0.1, -0.05) is 31.2 Å². The van der Waals surface area contributed by atoms with Crippen molar-refractivity contribution in [2.24, 2.45) is 0 Å². The summed E-state index contributed by atoms with van der Waals surface area (Å²) >= 11 is 0. The van der Waals surface area contributed by atoms with Crippen LogP contribution in [0.2, 0.25) is 0 Å². The first-order valence-electron chi connectivity index (χ1n) is 7.67. The Labute approximate surface area is 121 Å². The molecule has 1 aromatic heterocycles. The van der Waals surface area contributed by atoms with Gasteiger partial charge in [0.1, 0.15) is 0 Å². The second-order valence-electron chi connectivity index (χ2n) is 5.60. The van der Waals surface area contributed by atoms with Crippen LogP contribution in [0.15, 0.2) is 36.5 Å². The molecule has 20 heavy (non-hydrogen) atoms. The summed E-state index contributed by atoms with van der Waals surface area (Å²) in [5, 5.41) is 7.99. The lowest BCUT2D eigenvalue weighted by Gasteiger charge is -2.25. The third-order valence-corrected chi connectivity index (χ3v) is 4.15. The molecular weight excluding hydrogens is 246 g/mol. The van der Waals surface area contributed by atoms with Gasteiger partial charge in [0.2, 0.25) is 0 Å². The fourth-order valence-electron chi connectivity index (χ4n) is 3.12. The van der Waals surface area contributed by atoms with Gasteiger partial charge in [-0.05, 0) is 43.0 Å². The van der Waals surface area contributed by atoms with Gasteiger partial charge in [-0.3, -0.25) is 4.68 Å². The molecule has 106 valence electrons. The number of aryl methyl sites for hydroxylation is 1. The van der Waals surface area contributed by atoms with Crippen LogP contribution in [-0.4, -0.2) is 16.3 Å². The van der Waals surface area contributed by atoms with Crippen LogP contribution >= 0.6 is 0 Å². The van der Waals surface area contributed by atoms with E-state index in [0.29, 0.717) is 5.92 Å². The smallest absolute Gasteiger partial charge is 0.0762 e. The zero-order valence-electron chi connectivity index (χ0n) is 12.2. The van der Waals surface area contributed by atoms with E-state index in [4.69, 9.17) is 0 Å². The van der Waals surface area contributed by atoms with Crippen LogP contribution < -0.4 is 5.32 Å². The highest BCUT2D eigenvalue weighted by molar-refractivity contribution is 5.32. The molecule has 0 saturated carbocycles. The molecule has 1 aliphatic carbocycles. The maximum Gasteiger partial charge on any atom is 0.0762 e. The van der Waals surface area contributed by atoms with Crippen molar-refractivity contribution in [2.45, 2.75) is 45.2 Å². The molecule has 0 saturated heterocycles. The van der Waals surface area contributed by atoms with E-state index in [-0.39, 0.29) is 0 Å². The Morgan fingerprint density at radius 1 is 1.30 bits per heavy atom. The van der Waals surface area contributed by atoms with Crippen molar-refractivity contribution in [3.8, 4) is 0 Å². The summed E-state index contributed by atoms with van der Waals surface area (Å²) in [6, 6.07) is 11.0. The number of hydrogen-bond acceptors (Lipinski definition) is 2. The lowest BCUT2D eigenvalue weighted by molar-refractivity contribution is 0.454. The first-order valence-corrected chi connectivity index (χ1v) is 7.67. The largest absolute Gasteiger partial charge is 0.311 e. The summed E-state index contributed by atoms with van der Waals surface area (Å²) in [6.07, 6.45) is 5.92. The highest BCUT2D eigenvalue weighted by Gasteiger charge is 2.20. The third kappa shape index (κ3) is 2.93. The standard InChI is InChI=1S/C17H23N3/c1-2-18-12-16-10-11-20(19-16)13-15-8-5-7-14-6-3-4-9-17(14)15/h3-4,6,9-11,15,18H,2,5,7-8,12-13H2,1H3. The Morgan fingerprint density at radius 3 is 3.10 bits per heavy atom. The molecule has 3 nitrogen and oxygen atoms in total. The van der Waals surface area contributed by atoms with E-state index < -0.39 is 0 Å². The summed E-state index contributed by atoms with van der Waals surface area (Å²) in [5.74, 6) is 0.617. The molecule has 1 aromatic carbocycles. The van der Waals surface area contributed by atoms with Gasteiger partial charge in [-0.2, -0.15) is 5.10 Å². The van der Waals surface area contributed by atoms with Crippen LogP contribution in [0.1, 0.15) is 42.5 Å². The van der Waals surface area contributed by atoms with Crippen LogP contribution in [0.3, 0.4) is 0 Å². The lowest BCUT2D eigenvalue weighted by Crippen LogP contribution is -2.17. The van der Waals surface area contributed by atoms with E-state index >= 15 is 0 Å². The second kappa shape index (κ2) is 6.23. The Balaban J connectivity index is 1.71. The van der Waals surface area contributed by atoms with Gasteiger partial charge >= 0.3 is 0 Å². The molecule has 1 N–H and O–H groups in total. The van der Waals surface area contributed by atoms with Crippen molar-refractivity contribution in [2.75, 3.05) is 6.54 Å². The van der Waals surface area contributed by atoms with E-state index in [1.54, 1.807) is 0 Å². The van der Waals surface area contributed by atoms with Gasteiger partial charge in [0.15, 0.2) is 0 Å². The molecule has 0 spiro atoms. The number of nitrogens with one attached hydrogen (secondary N) is 1. The molecule has 1 heterocycles. The van der Waals surface area contributed by atoms with E-state index in [2.05, 4.69) is 58.5 Å². The minimum Gasteiger partial charge on any atom is -0.311 e. The van der Waals surface area contributed by atoms with Crippen LogP contribution in [0.4, 0.5) is 0 Å². The van der Waals surface area contributed by atoms with Crippen molar-refractivity contribution >= 4 is 0 Å². The quantitative estimate of drug-likeness (QED) is 0.904. The monoisotopic (exact) mass is 269 g/mol. The number of aromatic nitrogens is 2. The predicted molar refractivity (Wildman–Crippen MR) is 81.7 cm³/mol. The van der Waals surface area contributed by atoms with Gasteiger partial charge in [0.25, 0.3) is 0 Å². The number of nitrogens with zero attached hydrogens (tertiary/aromatic N) is 2. The van der Waals surface area contributed by atoms with E-state index in [1.807, 2.05) is 0 Å². The lowest BCUT2D eigenvalue weighted by atomic mass is 9.83. The Morgan fingerprint density at radius 2 is 2.20 bits per heavy atom. The number of hydrogen-bond donors (Lipinski definition) is 1. The van der Waals surface area contributed by atoms with Gasteiger partial charge in [-0.15, -0.1) is 0 Å². The minimum atomic E-state index is 0.617. The maximum atomic E-state index is 4.67. The molecule has 3 rings (SSSR count). The van der Waals surface area contributed by atoms with E-state index in [0.717, 1.165) is 25.3 Å². The molecule has 3 heteroatoms. The van der Waals surface area contributed by atoms with Crippen LogP contribution in [-0.2, 0) is 19.5 Å². The number of benzene rings is 1. The highest BCUT2D eigenvalue weighted by atomic mass is 15.3. The molecule has 0 amide bonds. The van der Waals surface area contributed by atoms with Crippen molar-refractivity contribution in [3.63, 3.8) is 0 Å². The average molecular weight is 269 g/mol. The highest BCUT2D eigenvalue weighted by Crippen LogP contribution is 2.32. The van der Waals surface area contributed by atoms with Gasteiger partial charge in [0, 0.05) is 25.2 Å². The summed E-state index contributed by atoms with van der Waals surface area (Å²) in [4.78, 5) is 0. The van der Waals surface area contributed by atoms with Crippen LogP contribution in [0.5, 0.6) is 0 Å². The Kier molecular flexibility index (Phi) is 4.16. The molecule has 1 atom stereocenters. The molecule has 1 aliphatic rings. The fourth-order valence-corrected chi connectivity index (χ4v) is 3.12. The molecule has 0 bridgehead atoms. The Bertz CT molecular complexity index is 559. The molecular formula is C17H23N3. The van der Waals surface area contributed by atoms with Crippen molar-refractivity contribution in [1.29, 1.82) is 0 Å². The molecule has 0 radical (unpaired) electrons. The summed E-state index contributed by atoms with van der Waals surface area (Å²) in [7, 11) is 0. The average Bonchev–Trinajstić information content (AvgIpc) is 2.93.